The zero-order valence-electron chi connectivity index (χ0n) is 11.4. The van der Waals surface area contributed by atoms with Crippen LogP contribution in [0.5, 0.6) is 0 Å². The second kappa shape index (κ2) is 6.78. The number of aromatic nitrogens is 1. The fraction of sp³-hybridized carbons (Fsp3) is 0.143. The summed E-state index contributed by atoms with van der Waals surface area (Å²) in [6, 6.07) is 8.41. The third kappa shape index (κ3) is 3.33. The van der Waals surface area contributed by atoms with Crippen molar-refractivity contribution in [3.63, 3.8) is 0 Å². The van der Waals surface area contributed by atoms with Crippen molar-refractivity contribution >= 4 is 17.4 Å². The number of pyridine rings is 1. The minimum atomic E-state index is -0.804. The number of nitrogens with zero attached hydrogens (tertiary/aromatic N) is 1. The molecule has 2 aromatic rings. The summed E-state index contributed by atoms with van der Waals surface area (Å²) >= 11 is 0. The number of benzene rings is 1. The molecule has 0 unspecified atom stereocenters. The first-order chi connectivity index (χ1) is 10.2. The number of hydrazine groups is 1. The van der Waals surface area contributed by atoms with Gasteiger partial charge in [-0.2, -0.15) is 0 Å². The Morgan fingerprint density at radius 3 is 2.86 bits per heavy atom. The average molecular weight is 290 g/mol. The van der Waals surface area contributed by atoms with E-state index in [9.17, 15) is 9.18 Å². The van der Waals surface area contributed by atoms with Gasteiger partial charge in [-0.05, 0) is 12.1 Å². The van der Waals surface area contributed by atoms with Gasteiger partial charge in [0.15, 0.2) is 11.6 Å². The highest BCUT2D eigenvalue weighted by Gasteiger charge is 2.16. The predicted molar refractivity (Wildman–Crippen MR) is 77.1 cm³/mol. The summed E-state index contributed by atoms with van der Waals surface area (Å²) in [6.45, 7) is 0.338. The fourth-order valence-electron chi connectivity index (χ4n) is 1.83. The average Bonchev–Trinajstić information content (AvgIpc) is 2.49. The quantitative estimate of drug-likeness (QED) is 0.578. The molecule has 1 aromatic carbocycles. The fourth-order valence-corrected chi connectivity index (χ4v) is 1.83. The highest BCUT2D eigenvalue weighted by Crippen LogP contribution is 2.19. The van der Waals surface area contributed by atoms with Crippen molar-refractivity contribution in [2.45, 2.75) is 6.61 Å². The van der Waals surface area contributed by atoms with Gasteiger partial charge in [0.1, 0.15) is 0 Å². The molecule has 4 N–H and O–H groups in total. The predicted octanol–water partition coefficient (Wildman–Crippen LogP) is 1.90. The van der Waals surface area contributed by atoms with Gasteiger partial charge in [0.25, 0.3) is 5.91 Å². The number of hydrogen-bond donors (Lipinski definition) is 3. The lowest BCUT2D eigenvalue weighted by atomic mass is 10.1. The topological polar surface area (TPSA) is 89.3 Å². The Balaban J connectivity index is 2.26. The van der Waals surface area contributed by atoms with Crippen LogP contribution < -0.4 is 16.6 Å². The number of hydrogen-bond acceptors (Lipinski definition) is 5. The van der Waals surface area contributed by atoms with E-state index in [1.54, 1.807) is 19.2 Å². The third-order valence-electron chi connectivity index (χ3n) is 2.84. The van der Waals surface area contributed by atoms with E-state index in [0.717, 1.165) is 5.56 Å². The van der Waals surface area contributed by atoms with Crippen molar-refractivity contribution in [2.24, 2.45) is 5.84 Å². The number of para-hydroxylation sites is 1. The van der Waals surface area contributed by atoms with Crippen LogP contribution in [0, 0.1) is 5.82 Å². The van der Waals surface area contributed by atoms with Gasteiger partial charge in [-0.3, -0.25) is 4.79 Å². The maximum absolute atomic E-state index is 14.0. The molecule has 1 heterocycles. The van der Waals surface area contributed by atoms with Crippen LogP contribution in [0.3, 0.4) is 0 Å². The van der Waals surface area contributed by atoms with E-state index in [1.807, 2.05) is 12.1 Å². The highest BCUT2D eigenvalue weighted by molar-refractivity contribution is 6.05. The number of rotatable bonds is 5. The van der Waals surface area contributed by atoms with Crippen LogP contribution in [0.4, 0.5) is 15.9 Å². The standard InChI is InChI=1S/C14H15FN4O2/c1-21-8-9-4-2-3-5-11(9)18-14(20)10-6-7-17-13(19-16)12(10)15/h2-7H,8,16H2,1H3,(H,17,19)(H,18,20). The number of carbonyl (C=O) groups excluding carboxylic acids is 1. The Morgan fingerprint density at radius 1 is 1.38 bits per heavy atom. The van der Waals surface area contributed by atoms with Gasteiger partial charge in [-0.25, -0.2) is 15.2 Å². The van der Waals surface area contributed by atoms with Gasteiger partial charge in [0.2, 0.25) is 0 Å². The molecule has 0 fully saturated rings. The zero-order chi connectivity index (χ0) is 15.2. The van der Waals surface area contributed by atoms with Crippen LogP contribution in [-0.4, -0.2) is 18.0 Å². The summed E-state index contributed by atoms with van der Waals surface area (Å²) in [5, 5.41) is 2.65. The molecule has 0 aliphatic heterocycles. The number of nitrogens with one attached hydrogen (secondary N) is 2. The number of methoxy groups -OCH3 is 1. The molecule has 0 saturated heterocycles. The number of halogens is 1. The maximum Gasteiger partial charge on any atom is 0.258 e. The summed E-state index contributed by atoms with van der Waals surface area (Å²) in [6.07, 6.45) is 1.30. The lowest BCUT2D eigenvalue weighted by Crippen LogP contribution is -2.18. The molecular weight excluding hydrogens is 275 g/mol. The Morgan fingerprint density at radius 2 is 2.14 bits per heavy atom. The molecule has 0 bridgehead atoms. The first-order valence-corrected chi connectivity index (χ1v) is 6.16. The zero-order valence-corrected chi connectivity index (χ0v) is 11.4. The molecule has 0 spiro atoms. The van der Waals surface area contributed by atoms with Gasteiger partial charge in [-0.1, -0.05) is 18.2 Å². The van der Waals surface area contributed by atoms with Crippen LogP contribution in [0.25, 0.3) is 0 Å². The number of nitrogen functional groups attached to an aromatic ring is 1. The van der Waals surface area contributed by atoms with Gasteiger partial charge in [0.05, 0.1) is 12.2 Å². The Hall–Kier alpha value is -2.51. The van der Waals surface area contributed by atoms with Crippen molar-refractivity contribution < 1.29 is 13.9 Å². The minimum absolute atomic E-state index is 0.148. The van der Waals surface area contributed by atoms with Crippen molar-refractivity contribution in [2.75, 3.05) is 17.9 Å². The van der Waals surface area contributed by atoms with Crippen molar-refractivity contribution in [1.82, 2.24) is 4.98 Å². The first kappa shape index (κ1) is 14.9. The largest absolute Gasteiger partial charge is 0.380 e. The molecule has 0 atom stereocenters. The lowest BCUT2D eigenvalue weighted by Gasteiger charge is -2.11. The van der Waals surface area contributed by atoms with Crippen LogP contribution in [0.15, 0.2) is 36.5 Å². The molecule has 0 aliphatic rings. The van der Waals surface area contributed by atoms with E-state index in [0.29, 0.717) is 12.3 Å². The Bertz CT molecular complexity index is 649. The van der Waals surface area contributed by atoms with Crippen LogP contribution in [-0.2, 0) is 11.3 Å². The normalized spacial score (nSPS) is 10.2. The molecule has 6 nitrogen and oxygen atoms in total. The van der Waals surface area contributed by atoms with Gasteiger partial charge >= 0.3 is 0 Å². The number of nitrogens with two attached hydrogens (primary N) is 1. The Labute approximate surface area is 121 Å². The second-order valence-electron chi connectivity index (χ2n) is 4.21. The van der Waals surface area contributed by atoms with E-state index in [2.05, 4.69) is 15.7 Å². The monoisotopic (exact) mass is 290 g/mol. The molecule has 1 aromatic heterocycles. The number of ether oxygens (including phenoxy) is 1. The van der Waals surface area contributed by atoms with Crippen LogP contribution in [0.2, 0.25) is 0 Å². The maximum atomic E-state index is 14.0. The molecular formula is C14H15FN4O2. The molecule has 7 heteroatoms. The Kier molecular flexibility index (Phi) is 4.81. The van der Waals surface area contributed by atoms with Crippen LogP contribution in [0.1, 0.15) is 15.9 Å². The number of anilines is 2. The lowest BCUT2D eigenvalue weighted by molar-refractivity contribution is 0.102. The van der Waals surface area contributed by atoms with Crippen LogP contribution >= 0.6 is 0 Å². The van der Waals surface area contributed by atoms with E-state index in [1.165, 1.54) is 12.3 Å². The molecule has 1 amide bonds. The SMILES string of the molecule is COCc1ccccc1NC(=O)c1ccnc(NN)c1F. The number of carbonyl (C=O) groups is 1. The van der Waals surface area contributed by atoms with Gasteiger partial charge < -0.3 is 15.5 Å². The summed E-state index contributed by atoms with van der Waals surface area (Å²) in [7, 11) is 1.56. The summed E-state index contributed by atoms with van der Waals surface area (Å²) in [5.41, 5.74) is 3.30. The number of amides is 1. The molecule has 2 rings (SSSR count). The third-order valence-corrected chi connectivity index (χ3v) is 2.84. The van der Waals surface area contributed by atoms with E-state index in [4.69, 9.17) is 10.6 Å². The molecule has 0 aliphatic carbocycles. The highest BCUT2D eigenvalue weighted by atomic mass is 19.1. The second-order valence-corrected chi connectivity index (χ2v) is 4.21. The summed E-state index contributed by atoms with van der Waals surface area (Å²) in [5.74, 6) is 3.56. The summed E-state index contributed by atoms with van der Waals surface area (Å²) < 4.78 is 19.0. The molecule has 110 valence electrons. The molecule has 21 heavy (non-hydrogen) atoms. The van der Waals surface area contributed by atoms with Crippen molar-refractivity contribution in [1.29, 1.82) is 0 Å². The molecule has 0 radical (unpaired) electrons. The van der Waals surface area contributed by atoms with Crippen molar-refractivity contribution in [3.8, 4) is 0 Å². The minimum Gasteiger partial charge on any atom is -0.380 e. The first-order valence-electron chi connectivity index (χ1n) is 6.16. The van der Waals surface area contributed by atoms with Gasteiger partial charge in [0, 0.05) is 24.6 Å². The van der Waals surface area contributed by atoms with Crippen molar-refractivity contribution in [3.05, 3.63) is 53.5 Å². The van der Waals surface area contributed by atoms with E-state index < -0.39 is 11.7 Å². The van der Waals surface area contributed by atoms with E-state index in [-0.39, 0.29) is 11.4 Å². The smallest absolute Gasteiger partial charge is 0.258 e. The van der Waals surface area contributed by atoms with E-state index >= 15 is 0 Å². The van der Waals surface area contributed by atoms with Gasteiger partial charge in [-0.15, -0.1) is 0 Å². The molecule has 0 saturated carbocycles. The summed E-state index contributed by atoms with van der Waals surface area (Å²) in [4.78, 5) is 15.9.